The molecule has 2 rings (SSSR count). The maximum absolute atomic E-state index is 5.96. The van der Waals surface area contributed by atoms with Gasteiger partial charge >= 0.3 is 0 Å². The Morgan fingerprint density at radius 2 is 2.17 bits per heavy atom. The zero-order valence-electron chi connectivity index (χ0n) is 10.5. The van der Waals surface area contributed by atoms with E-state index in [1.54, 1.807) is 7.11 Å². The normalized spacial score (nSPS) is 15.9. The molecule has 96 valence electrons. The third-order valence-corrected chi connectivity index (χ3v) is 3.21. The molecule has 1 heterocycles. The van der Waals surface area contributed by atoms with E-state index in [1.165, 1.54) is 0 Å². The Morgan fingerprint density at radius 3 is 2.89 bits per heavy atom. The summed E-state index contributed by atoms with van der Waals surface area (Å²) in [5.41, 5.74) is 0.936. The minimum atomic E-state index is 0.616. The summed E-state index contributed by atoms with van der Waals surface area (Å²) in [6, 6.07) is 5.60. The third-order valence-electron chi connectivity index (χ3n) is 2.90. The van der Waals surface area contributed by atoms with Gasteiger partial charge in [0.05, 0.1) is 18.7 Å². The lowest BCUT2D eigenvalue weighted by Gasteiger charge is -2.24. The van der Waals surface area contributed by atoms with Gasteiger partial charge in [0.15, 0.2) is 0 Å². The summed E-state index contributed by atoms with van der Waals surface area (Å²) in [6.07, 6.45) is 0. The lowest BCUT2D eigenvalue weighted by atomic mass is 10.2. The fourth-order valence-electron chi connectivity index (χ4n) is 1.86. The molecule has 1 N–H and O–H groups in total. The van der Waals surface area contributed by atoms with Crippen molar-refractivity contribution in [3.63, 3.8) is 0 Å². The molecule has 1 aromatic rings. The van der Waals surface area contributed by atoms with Crippen LogP contribution >= 0.6 is 11.6 Å². The molecule has 1 aliphatic heterocycles. The number of methoxy groups -OCH3 is 1. The van der Waals surface area contributed by atoms with E-state index in [0.717, 1.165) is 38.3 Å². The number of halogens is 1. The molecule has 4 heteroatoms. The van der Waals surface area contributed by atoms with E-state index in [0.29, 0.717) is 10.8 Å². The van der Waals surface area contributed by atoms with Crippen LogP contribution in [-0.2, 0) is 0 Å². The minimum Gasteiger partial charge on any atom is -0.495 e. The SMILES string of the molecule is COc1cc(C#CCN2CCNCC2)ccc1Cl. The second kappa shape index (κ2) is 6.65. The predicted molar refractivity (Wildman–Crippen MR) is 74.2 cm³/mol. The molecule has 1 saturated heterocycles. The van der Waals surface area contributed by atoms with E-state index in [9.17, 15) is 0 Å². The van der Waals surface area contributed by atoms with Crippen molar-refractivity contribution >= 4 is 11.6 Å². The summed E-state index contributed by atoms with van der Waals surface area (Å²) < 4.78 is 5.16. The maximum atomic E-state index is 5.96. The monoisotopic (exact) mass is 264 g/mol. The fraction of sp³-hybridized carbons (Fsp3) is 0.429. The fourth-order valence-corrected chi connectivity index (χ4v) is 2.05. The van der Waals surface area contributed by atoms with Crippen molar-refractivity contribution < 1.29 is 4.74 Å². The standard InChI is InChI=1S/C14H17ClN2O/c1-18-14-11-12(4-5-13(14)15)3-2-8-17-9-6-16-7-10-17/h4-5,11,16H,6-10H2,1H3. The molecule has 0 unspecified atom stereocenters. The van der Waals surface area contributed by atoms with Gasteiger partial charge in [-0.05, 0) is 18.2 Å². The molecular formula is C14H17ClN2O. The molecule has 0 radical (unpaired) electrons. The number of ether oxygens (including phenoxy) is 1. The van der Waals surface area contributed by atoms with Gasteiger partial charge in [0.1, 0.15) is 5.75 Å². The first kappa shape index (κ1) is 13.2. The zero-order valence-corrected chi connectivity index (χ0v) is 11.3. The van der Waals surface area contributed by atoms with Gasteiger partial charge in [-0.15, -0.1) is 0 Å². The Balaban J connectivity index is 1.96. The van der Waals surface area contributed by atoms with Gasteiger partial charge in [-0.2, -0.15) is 0 Å². The van der Waals surface area contributed by atoms with E-state index >= 15 is 0 Å². The van der Waals surface area contributed by atoms with Gasteiger partial charge in [0, 0.05) is 31.7 Å². The number of piperazine rings is 1. The first-order valence-corrected chi connectivity index (χ1v) is 6.43. The van der Waals surface area contributed by atoms with Gasteiger partial charge in [-0.25, -0.2) is 0 Å². The van der Waals surface area contributed by atoms with Crippen LogP contribution < -0.4 is 10.1 Å². The molecule has 0 saturated carbocycles. The van der Waals surface area contributed by atoms with E-state index < -0.39 is 0 Å². The molecule has 1 fully saturated rings. The molecule has 0 amide bonds. The molecule has 0 atom stereocenters. The average Bonchev–Trinajstić information content (AvgIpc) is 2.42. The Hall–Kier alpha value is -1.21. The highest BCUT2D eigenvalue weighted by Crippen LogP contribution is 2.24. The van der Waals surface area contributed by atoms with E-state index in [4.69, 9.17) is 16.3 Å². The number of benzene rings is 1. The van der Waals surface area contributed by atoms with Crippen LogP contribution in [0.4, 0.5) is 0 Å². The highest BCUT2D eigenvalue weighted by atomic mass is 35.5. The summed E-state index contributed by atoms with van der Waals surface area (Å²) in [4.78, 5) is 2.34. The predicted octanol–water partition coefficient (Wildman–Crippen LogP) is 1.61. The zero-order chi connectivity index (χ0) is 12.8. The summed E-state index contributed by atoms with van der Waals surface area (Å²) in [7, 11) is 1.61. The van der Waals surface area contributed by atoms with Crippen LogP contribution in [0.15, 0.2) is 18.2 Å². The second-order valence-electron chi connectivity index (χ2n) is 4.18. The summed E-state index contributed by atoms with van der Waals surface area (Å²) in [5.74, 6) is 7.01. The molecule has 0 aliphatic carbocycles. The molecule has 18 heavy (non-hydrogen) atoms. The van der Waals surface area contributed by atoms with Crippen LogP contribution in [0, 0.1) is 11.8 Å². The van der Waals surface area contributed by atoms with Gasteiger partial charge in [-0.3, -0.25) is 4.90 Å². The average molecular weight is 265 g/mol. The van der Waals surface area contributed by atoms with E-state index in [1.807, 2.05) is 18.2 Å². The van der Waals surface area contributed by atoms with Crippen molar-refractivity contribution in [3.8, 4) is 17.6 Å². The Labute approximate surface area is 113 Å². The maximum Gasteiger partial charge on any atom is 0.138 e. The number of hydrogen-bond donors (Lipinski definition) is 1. The Bertz CT molecular complexity index is 459. The topological polar surface area (TPSA) is 24.5 Å². The van der Waals surface area contributed by atoms with Crippen LogP contribution in [0.2, 0.25) is 5.02 Å². The van der Waals surface area contributed by atoms with Gasteiger partial charge in [0.2, 0.25) is 0 Å². The Morgan fingerprint density at radius 1 is 1.39 bits per heavy atom. The van der Waals surface area contributed by atoms with Crippen LogP contribution in [-0.4, -0.2) is 44.7 Å². The highest BCUT2D eigenvalue weighted by Gasteiger charge is 2.06. The van der Waals surface area contributed by atoms with Crippen LogP contribution in [0.25, 0.3) is 0 Å². The first-order valence-electron chi connectivity index (χ1n) is 6.05. The van der Waals surface area contributed by atoms with Gasteiger partial charge in [0.25, 0.3) is 0 Å². The largest absolute Gasteiger partial charge is 0.495 e. The number of rotatable bonds is 2. The molecule has 0 bridgehead atoms. The number of hydrogen-bond acceptors (Lipinski definition) is 3. The lowest BCUT2D eigenvalue weighted by molar-refractivity contribution is 0.268. The summed E-state index contributed by atoms with van der Waals surface area (Å²) in [5, 5.41) is 3.94. The van der Waals surface area contributed by atoms with Crippen molar-refractivity contribution in [2.45, 2.75) is 0 Å². The van der Waals surface area contributed by atoms with Gasteiger partial charge in [-0.1, -0.05) is 23.4 Å². The molecule has 0 spiro atoms. The third kappa shape index (κ3) is 3.64. The minimum absolute atomic E-state index is 0.616. The summed E-state index contributed by atoms with van der Waals surface area (Å²) >= 11 is 5.96. The Kier molecular flexibility index (Phi) is 4.89. The van der Waals surface area contributed by atoms with Crippen molar-refractivity contribution in [1.29, 1.82) is 0 Å². The lowest BCUT2D eigenvalue weighted by Crippen LogP contribution is -2.43. The van der Waals surface area contributed by atoms with Crippen LogP contribution in [0.1, 0.15) is 5.56 Å². The summed E-state index contributed by atoms with van der Waals surface area (Å²) in [6.45, 7) is 5.05. The van der Waals surface area contributed by atoms with E-state index in [-0.39, 0.29) is 0 Å². The smallest absolute Gasteiger partial charge is 0.138 e. The molecule has 1 aliphatic rings. The molecular weight excluding hydrogens is 248 g/mol. The molecule has 1 aromatic carbocycles. The van der Waals surface area contributed by atoms with Crippen LogP contribution in [0.3, 0.4) is 0 Å². The quantitative estimate of drug-likeness (QED) is 0.822. The van der Waals surface area contributed by atoms with Crippen molar-refractivity contribution in [1.82, 2.24) is 10.2 Å². The number of nitrogens with zero attached hydrogens (tertiary/aromatic N) is 1. The molecule has 0 aromatic heterocycles. The van der Waals surface area contributed by atoms with Crippen molar-refractivity contribution in [2.24, 2.45) is 0 Å². The first-order chi connectivity index (χ1) is 8.79. The highest BCUT2D eigenvalue weighted by molar-refractivity contribution is 6.32. The molecule has 3 nitrogen and oxygen atoms in total. The van der Waals surface area contributed by atoms with Crippen molar-refractivity contribution in [3.05, 3.63) is 28.8 Å². The second-order valence-corrected chi connectivity index (χ2v) is 4.58. The van der Waals surface area contributed by atoms with Crippen molar-refractivity contribution in [2.75, 3.05) is 39.8 Å². The number of nitrogens with one attached hydrogen (secondary N) is 1. The van der Waals surface area contributed by atoms with E-state index in [2.05, 4.69) is 22.1 Å². The van der Waals surface area contributed by atoms with Crippen LogP contribution in [0.5, 0.6) is 5.75 Å². The van der Waals surface area contributed by atoms with Gasteiger partial charge < -0.3 is 10.1 Å².